The molecule has 0 spiro atoms. The van der Waals surface area contributed by atoms with Crippen molar-refractivity contribution in [3.63, 3.8) is 0 Å². The molecule has 3 rings (SSSR count). The molecule has 4 heteroatoms. The fourth-order valence-electron chi connectivity index (χ4n) is 2.33. The van der Waals surface area contributed by atoms with Gasteiger partial charge in [-0.2, -0.15) is 5.10 Å². The first-order chi connectivity index (χ1) is 8.83. The Labute approximate surface area is 107 Å². The molecule has 0 unspecified atom stereocenters. The van der Waals surface area contributed by atoms with E-state index in [0.717, 1.165) is 37.7 Å². The van der Waals surface area contributed by atoms with Gasteiger partial charge in [0.15, 0.2) is 5.82 Å². The molecule has 1 aliphatic rings. The van der Waals surface area contributed by atoms with Gasteiger partial charge in [-0.1, -0.05) is 23.8 Å². The van der Waals surface area contributed by atoms with Gasteiger partial charge in [-0.25, -0.2) is 0 Å². The number of aromatic amines is 1. The summed E-state index contributed by atoms with van der Waals surface area (Å²) in [4.78, 5) is 2.31. The van der Waals surface area contributed by atoms with Gasteiger partial charge in [0.25, 0.3) is 0 Å². The molecule has 2 N–H and O–H groups in total. The number of rotatable bonds is 2. The summed E-state index contributed by atoms with van der Waals surface area (Å²) < 4.78 is 0. The van der Waals surface area contributed by atoms with Gasteiger partial charge in [0.1, 0.15) is 0 Å². The highest BCUT2D eigenvalue weighted by Gasteiger charge is 2.13. The topological polar surface area (TPSA) is 44.0 Å². The zero-order valence-corrected chi connectivity index (χ0v) is 10.6. The SMILES string of the molecule is Cc1cccc(-c2cc(N3CCNCC3)n[nH]2)c1. The number of nitrogens with one attached hydrogen (secondary N) is 2. The molecular weight excluding hydrogens is 224 g/mol. The van der Waals surface area contributed by atoms with E-state index in [2.05, 4.69) is 57.7 Å². The maximum absolute atomic E-state index is 4.42. The third kappa shape index (κ3) is 2.24. The minimum atomic E-state index is 1.03. The molecule has 0 atom stereocenters. The number of hydrogen-bond acceptors (Lipinski definition) is 3. The van der Waals surface area contributed by atoms with Crippen LogP contribution in [0.2, 0.25) is 0 Å². The van der Waals surface area contributed by atoms with Gasteiger partial charge >= 0.3 is 0 Å². The third-order valence-electron chi connectivity index (χ3n) is 3.33. The van der Waals surface area contributed by atoms with Gasteiger partial charge in [0.05, 0.1) is 5.69 Å². The van der Waals surface area contributed by atoms with E-state index in [9.17, 15) is 0 Å². The van der Waals surface area contributed by atoms with Crippen LogP contribution in [0.1, 0.15) is 5.56 Å². The maximum Gasteiger partial charge on any atom is 0.151 e. The van der Waals surface area contributed by atoms with Crippen molar-refractivity contribution in [2.45, 2.75) is 6.92 Å². The van der Waals surface area contributed by atoms with E-state index in [4.69, 9.17) is 0 Å². The lowest BCUT2D eigenvalue weighted by Crippen LogP contribution is -2.43. The Morgan fingerprint density at radius 1 is 1.17 bits per heavy atom. The Morgan fingerprint density at radius 3 is 2.78 bits per heavy atom. The molecule has 0 saturated carbocycles. The van der Waals surface area contributed by atoms with Crippen molar-refractivity contribution in [2.24, 2.45) is 0 Å². The lowest BCUT2D eigenvalue weighted by molar-refractivity contribution is 0.584. The van der Waals surface area contributed by atoms with E-state index in [1.807, 2.05) is 0 Å². The van der Waals surface area contributed by atoms with Crippen LogP contribution in [-0.4, -0.2) is 36.4 Å². The van der Waals surface area contributed by atoms with Crippen LogP contribution in [0.5, 0.6) is 0 Å². The molecule has 94 valence electrons. The minimum Gasteiger partial charge on any atom is -0.353 e. The maximum atomic E-state index is 4.42. The van der Waals surface area contributed by atoms with Crippen molar-refractivity contribution in [3.8, 4) is 11.3 Å². The number of aryl methyl sites for hydroxylation is 1. The van der Waals surface area contributed by atoms with Crippen LogP contribution in [0.3, 0.4) is 0 Å². The Balaban J connectivity index is 1.84. The first-order valence-corrected chi connectivity index (χ1v) is 6.41. The van der Waals surface area contributed by atoms with E-state index in [1.165, 1.54) is 11.1 Å². The molecule has 1 aromatic carbocycles. The molecule has 0 amide bonds. The summed E-state index contributed by atoms with van der Waals surface area (Å²) >= 11 is 0. The standard InChI is InChI=1S/C14H18N4/c1-11-3-2-4-12(9-11)13-10-14(17-16-13)18-7-5-15-6-8-18/h2-4,9-10,15H,5-8H2,1H3,(H,16,17). The first kappa shape index (κ1) is 11.3. The zero-order chi connectivity index (χ0) is 12.4. The molecular formula is C14H18N4. The van der Waals surface area contributed by atoms with E-state index < -0.39 is 0 Å². The largest absolute Gasteiger partial charge is 0.353 e. The fraction of sp³-hybridized carbons (Fsp3) is 0.357. The molecule has 1 saturated heterocycles. The first-order valence-electron chi connectivity index (χ1n) is 6.41. The van der Waals surface area contributed by atoms with E-state index >= 15 is 0 Å². The van der Waals surface area contributed by atoms with E-state index in [-0.39, 0.29) is 0 Å². The predicted molar refractivity (Wildman–Crippen MR) is 73.8 cm³/mol. The van der Waals surface area contributed by atoms with Crippen LogP contribution in [-0.2, 0) is 0 Å². The van der Waals surface area contributed by atoms with Crippen molar-refractivity contribution in [1.82, 2.24) is 15.5 Å². The van der Waals surface area contributed by atoms with E-state index in [1.54, 1.807) is 0 Å². The Kier molecular flexibility index (Phi) is 3.02. The summed E-state index contributed by atoms with van der Waals surface area (Å²) in [5.74, 6) is 1.05. The van der Waals surface area contributed by atoms with Gasteiger partial charge in [-0.3, -0.25) is 5.10 Å². The highest BCUT2D eigenvalue weighted by molar-refractivity contribution is 5.63. The average Bonchev–Trinajstić information content (AvgIpc) is 2.89. The van der Waals surface area contributed by atoms with Crippen molar-refractivity contribution in [3.05, 3.63) is 35.9 Å². The van der Waals surface area contributed by atoms with Crippen molar-refractivity contribution in [2.75, 3.05) is 31.1 Å². The number of benzene rings is 1. The Bertz CT molecular complexity index is 526. The average molecular weight is 242 g/mol. The number of aromatic nitrogens is 2. The monoisotopic (exact) mass is 242 g/mol. The van der Waals surface area contributed by atoms with Gasteiger partial charge in [-0.05, 0) is 18.6 Å². The summed E-state index contributed by atoms with van der Waals surface area (Å²) in [7, 11) is 0. The summed E-state index contributed by atoms with van der Waals surface area (Å²) in [6.45, 7) is 6.23. The van der Waals surface area contributed by atoms with Crippen LogP contribution in [0.4, 0.5) is 5.82 Å². The second-order valence-electron chi connectivity index (χ2n) is 4.75. The second kappa shape index (κ2) is 4.82. The summed E-state index contributed by atoms with van der Waals surface area (Å²) in [5.41, 5.74) is 3.56. The normalized spacial score (nSPS) is 15.9. The number of anilines is 1. The highest BCUT2D eigenvalue weighted by atomic mass is 15.3. The van der Waals surface area contributed by atoms with Crippen molar-refractivity contribution < 1.29 is 0 Å². The lowest BCUT2D eigenvalue weighted by atomic mass is 10.1. The summed E-state index contributed by atoms with van der Waals surface area (Å²) in [5, 5.41) is 10.9. The van der Waals surface area contributed by atoms with Crippen molar-refractivity contribution in [1.29, 1.82) is 0 Å². The summed E-state index contributed by atoms with van der Waals surface area (Å²) in [6, 6.07) is 10.6. The molecule has 1 fully saturated rings. The molecule has 0 radical (unpaired) electrons. The molecule has 2 aromatic rings. The number of piperazine rings is 1. The Morgan fingerprint density at radius 2 is 2.00 bits per heavy atom. The smallest absolute Gasteiger partial charge is 0.151 e. The van der Waals surface area contributed by atoms with Crippen molar-refractivity contribution >= 4 is 5.82 Å². The molecule has 1 aromatic heterocycles. The molecule has 2 heterocycles. The van der Waals surface area contributed by atoms with Crippen LogP contribution in [0, 0.1) is 6.92 Å². The quantitative estimate of drug-likeness (QED) is 0.844. The Hall–Kier alpha value is -1.81. The number of H-pyrrole nitrogens is 1. The minimum absolute atomic E-state index is 1.03. The van der Waals surface area contributed by atoms with Crippen LogP contribution >= 0.6 is 0 Å². The molecule has 4 nitrogen and oxygen atoms in total. The van der Waals surface area contributed by atoms with Gasteiger partial charge in [0, 0.05) is 32.2 Å². The summed E-state index contributed by atoms with van der Waals surface area (Å²) in [6.07, 6.45) is 0. The van der Waals surface area contributed by atoms with Crippen LogP contribution in [0.15, 0.2) is 30.3 Å². The second-order valence-corrected chi connectivity index (χ2v) is 4.75. The number of nitrogens with zero attached hydrogens (tertiary/aromatic N) is 2. The van der Waals surface area contributed by atoms with Gasteiger partial charge in [-0.15, -0.1) is 0 Å². The number of hydrogen-bond donors (Lipinski definition) is 2. The molecule has 18 heavy (non-hydrogen) atoms. The molecule has 0 bridgehead atoms. The highest BCUT2D eigenvalue weighted by Crippen LogP contribution is 2.22. The van der Waals surface area contributed by atoms with Gasteiger partial charge in [0.2, 0.25) is 0 Å². The van der Waals surface area contributed by atoms with Gasteiger partial charge < -0.3 is 10.2 Å². The zero-order valence-electron chi connectivity index (χ0n) is 10.6. The third-order valence-corrected chi connectivity index (χ3v) is 3.33. The lowest BCUT2D eigenvalue weighted by Gasteiger charge is -2.26. The predicted octanol–water partition coefficient (Wildman–Crippen LogP) is 1.79. The fourth-order valence-corrected chi connectivity index (χ4v) is 2.33. The molecule has 1 aliphatic heterocycles. The van der Waals surface area contributed by atoms with E-state index in [0.29, 0.717) is 0 Å². The van der Waals surface area contributed by atoms with Crippen LogP contribution < -0.4 is 10.2 Å². The molecule has 0 aliphatic carbocycles. The van der Waals surface area contributed by atoms with Crippen LogP contribution in [0.25, 0.3) is 11.3 Å².